The molecule has 0 saturated carbocycles. The minimum Gasteiger partial charge on any atom is -0.455 e. The average molecular weight is 560 g/mol. The highest BCUT2D eigenvalue weighted by Crippen LogP contribution is 2.35. The molecule has 204 valence electrons. The number of hydrogen-bond acceptors (Lipinski definition) is 6. The normalized spacial score (nSPS) is 14.9. The van der Waals surface area contributed by atoms with Gasteiger partial charge in [0.2, 0.25) is 0 Å². The third-order valence-corrected chi connectivity index (χ3v) is 6.65. The summed E-state index contributed by atoms with van der Waals surface area (Å²) < 4.78 is 47.3. The lowest BCUT2D eigenvalue weighted by atomic mass is 10.0. The quantitative estimate of drug-likeness (QED) is 0.276. The molecule has 0 radical (unpaired) electrons. The van der Waals surface area contributed by atoms with Gasteiger partial charge in [-0.3, -0.25) is 10.2 Å². The van der Waals surface area contributed by atoms with Crippen molar-refractivity contribution in [1.82, 2.24) is 24.8 Å². The first kappa shape index (κ1) is 26.7. The molecule has 39 heavy (non-hydrogen) atoms. The van der Waals surface area contributed by atoms with E-state index in [1.54, 1.807) is 24.5 Å². The van der Waals surface area contributed by atoms with E-state index in [2.05, 4.69) is 30.5 Å². The molecule has 13 heteroatoms. The first-order chi connectivity index (χ1) is 18.7. The molecule has 5 rings (SSSR count). The Morgan fingerprint density at radius 1 is 1.10 bits per heavy atom. The number of carbonyl (C=O) groups is 1. The summed E-state index contributed by atoms with van der Waals surface area (Å²) in [6.45, 7) is 3.18. The number of hydrogen-bond donors (Lipinski definition) is 3. The van der Waals surface area contributed by atoms with Gasteiger partial charge in [-0.25, -0.2) is 14.8 Å². The van der Waals surface area contributed by atoms with E-state index in [-0.39, 0.29) is 23.6 Å². The number of urea groups is 1. The molecule has 2 amide bonds. The number of aromatic nitrogens is 3. The second kappa shape index (κ2) is 11.1. The summed E-state index contributed by atoms with van der Waals surface area (Å²) in [6.07, 6.45) is 0.0197. The van der Waals surface area contributed by atoms with Gasteiger partial charge in [-0.05, 0) is 42.9 Å². The average Bonchev–Trinajstić information content (AvgIpc) is 3.28. The Hall–Kier alpha value is -3.87. The van der Waals surface area contributed by atoms with Crippen molar-refractivity contribution in [2.75, 3.05) is 43.9 Å². The van der Waals surface area contributed by atoms with E-state index in [0.717, 1.165) is 19.2 Å². The third-order valence-electron chi connectivity index (χ3n) is 6.36. The van der Waals surface area contributed by atoms with E-state index in [1.807, 2.05) is 11.9 Å². The number of benzene rings is 1. The summed E-state index contributed by atoms with van der Waals surface area (Å²) in [5.74, 6) is 1.04. The van der Waals surface area contributed by atoms with Crippen molar-refractivity contribution in [3.63, 3.8) is 0 Å². The van der Waals surface area contributed by atoms with Crippen LogP contribution in [0.15, 0.2) is 55.0 Å². The number of nitrogens with zero attached hydrogens (tertiary/aromatic N) is 4. The summed E-state index contributed by atoms with van der Waals surface area (Å²) in [4.78, 5) is 27.9. The van der Waals surface area contributed by atoms with Gasteiger partial charge in [-0.15, -0.1) is 0 Å². The number of rotatable bonds is 6. The number of carbonyl (C=O) groups excluding carboxylic acids is 1. The van der Waals surface area contributed by atoms with Gasteiger partial charge in [0, 0.05) is 50.8 Å². The van der Waals surface area contributed by atoms with E-state index in [0.29, 0.717) is 40.6 Å². The SMILES string of the molecule is CN1CCN(Cc2ccc(NC(=O)Nc3ccc(Oc4ccnc5[nH]cc(Cl)c45)cn3)cc2C(F)(F)F)CC1. The number of amides is 2. The molecule has 3 N–H and O–H groups in total. The lowest BCUT2D eigenvalue weighted by Gasteiger charge is -2.33. The van der Waals surface area contributed by atoms with Crippen LogP contribution >= 0.6 is 11.6 Å². The van der Waals surface area contributed by atoms with Crippen molar-refractivity contribution in [1.29, 1.82) is 0 Å². The zero-order chi connectivity index (χ0) is 27.6. The van der Waals surface area contributed by atoms with Crippen molar-refractivity contribution in [2.24, 2.45) is 0 Å². The number of piperazine rings is 1. The van der Waals surface area contributed by atoms with E-state index < -0.39 is 17.8 Å². The van der Waals surface area contributed by atoms with Gasteiger partial charge in [-0.1, -0.05) is 17.7 Å². The molecular formula is C26H25ClF3N7O2. The number of aromatic amines is 1. The van der Waals surface area contributed by atoms with Crippen molar-refractivity contribution >= 4 is 40.2 Å². The predicted molar refractivity (Wildman–Crippen MR) is 142 cm³/mol. The maximum Gasteiger partial charge on any atom is 0.416 e. The van der Waals surface area contributed by atoms with Crippen molar-refractivity contribution in [2.45, 2.75) is 12.7 Å². The number of pyridine rings is 2. The number of fused-ring (bicyclic) bond motifs is 1. The Kier molecular flexibility index (Phi) is 7.60. The van der Waals surface area contributed by atoms with Gasteiger partial charge < -0.3 is 19.9 Å². The number of ether oxygens (including phenoxy) is 1. The first-order valence-corrected chi connectivity index (χ1v) is 12.5. The van der Waals surface area contributed by atoms with Gasteiger partial charge in [0.1, 0.15) is 23.0 Å². The summed E-state index contributed by atoms with van der Waals surface area (Å²) in [5, 5.41) is 6.04. The largest absolute Gasteiger partial charge is 0.455 e. The highest BCUT2D eigenvalue weighted by atomic mass is 35.5. The van der Waals surface area contributed by atoms with E-state index in [9.17, 15) is 18.0 Å². The molecule has 0 aliphatic carbocycles. The van der Waals surface area contributed by atoms with E-state index in [1.165, 1.54) is 24.4 Å². The molecule has 1 fully saturated rings. The monoisotopic (exact) mass is 559 g/mol. The van der Waals surface area contributed by atoms with Gasteiger partial charge in [0.05, 0.1) is 22.2 Å². The molecule has 4 aromatic rings. The maximum absolute atomic E-state index is 13.8. The van der Waals surface area contributed by atoms with Crippen molar-refractivity contribution in [3.05, 3.63) is 71.1 Å². The van der Waals surface area contributed by atoms with Crippen molar-refractivity contribution in [3.8, 4) is 11.5 Å². The minimum absolute atomic E-state index is 0.0204. The number of anilines is 2. The molecule has 3 aromatic heterocycles. The fourth-order valence-electron chi connectivity index (χ4n) is 4.30. The Bertz CT molecular complexity index is 1470. The molecular weight excluding hydrogens is 535 g/mol. The van der Waals surface area contributed by atoms with Crippen LogP contribution in [0.5, 0.6) is 11.5 Å². The van der Waals surface area contributed by atoms with Gasteiger partial charge in [0.15, 0.2) is 0 Å². The number of likely N-dealkylation sites (N-methyl/N-ethyl adjacent to an activating group) is 1. The van der Waals surface area contributed by atoms with Crippen LogP contribution in [-0.2, 0) is 12.7 Å². The van der Waals surface area contributed by atoms with Crippen LogP contribution in [0.2, 0.25) is 5.02 Å². The molecule has 1 saturated heterocycles. The number of halogens is 4. The second-order valence-corrected chi connectivity index (χ2v) is 9.59. The highest BCUT2D eigenvalue weighted by molar-refractivity contribution is 6.36. The smallest absolute Gasteiger partial charge is 0.416 e. The highest BCUT2D eigenvalue weighted by Gasteiger charge is 2.34. The lowest BCUT2D eigenvalue weighted by molar-refractivity contribution is -0.138. The van der Waals surface area contributed by atoms with E-state index >= 15 is 0 Å². The lowest BCUT2D eigenvalue weighted by Crippen LogP contribution is -2.44. The summed E-state index contributed by atoms with van der Waals surface area (Å²) in [7, 11) is 1.99. The third kappa shape index (κ3) is 6.41. The fourth-order valence-corrected chi connectivity index (χ4v) is 4.53. The number of alkyl halides is 3. The zero-order valence-corrected chi connectivity index (χ0v) is 21.6. The van der Waals surface area contributed by atoms with Gasteiger partial charge in [0.25, 0.3) is 0 Å². The molecule has 1 aromatic carbocycles. The van der Waals surface area contributed by atoms with Gasteiger partial charge in [-0.2, -0.15) is 13.2 Å². The molecule has 9 nitrogen and oxygen atoms in total. The van der Waals surface area contributed by atoms with Crippen molar-refractivity contribution < 1.29 is 22.7 Å². The van der Waals surface area contributed by atoms with Gasteiger partial charge >= 0.3 is 12.2 Å². The first-order valence-electron chi connectivity index (χ1n) is 12.1. The van der Waals surface area contributed by atoms with Crippen LogP contribution in [0.4, 0.5) is 29.5 Å². The molecule has 0 bridgehead atoms. The summed E-state index contributed by atoms with van der Waals surface area (Å²) in [6, 6.07) is 7.85. The molecule has 1 aliphatic heterocycles. The molecule has 0 unspecified atom stereocenters. The summed E-state index contributed by atoms with van der Waals surface area (Å²) >= 11 is 6.20. The molecule has 1 aliphatic rings. The molecule has 4 heterocycles. The topological polar surface area (TPSA) is 98.4 Å². The number of H-pyrrole nitrogens is 1. The second-order valence-electron chi connectivity index (χ2n) is 9.18. The zero-order valence-electron chi connectivity index (χ0n) is 20.8. The Morgan fingerprint density at radius 2 is 1.90 bits per heavy atom. The van der Waals surface area contributed by atoms with Crippen LogP contribution in [0.3, 0.4) is 0 Å². The van der Waals surface area contributed by atoms with Crippen LogP contribution in [0, 0.1) is 0 Å². The standard InChI is InChI=1S/C26H25ClF3N7O2/c1-36-8-10-37(11-9-36)15-16-2-3-17(12-19(16)26(28,29)30)34-25(38)35-22-5-4-18(13-32-22)39-21-6-7-31-24-23(21)20(27)14-33-24/h2-7,12-14H,8-11,15H2,1H3,(H,31,33)(H2,32,34,35,38). The Balaban J connectivity index is 1.23. The fraction of sp³-hybridized carbons (Fsp3) is 0.269. The Labute approximate surface area is 226 Å². The predicted octanol–water partition coefficient (Wildman–Crippen LogP) is 5.81. The van der Waals surface area contributed by atoms with Crippen LogP contribution in [0.25, 0.3) is 11.0 Å². The summed E-state index contributed by atoms with van der Waals surface area (Å²) in [5.41, 5.74) is -0.0114. The molecule has 0 spiro atoms. The maximum atomic E-state index is 13.8. The number of nitrogens with one attached hydrogen (secondary N) is 3. The minimum atomic E-state index is -4.56. The van der Waals surface area contributed by atoms with Crippen LogP contribution < -0.4 is 15.4 Å². The van der Waals surface area contributed by atoms with Crippen LogP contribution in [-0.4, -0.2) is 64.0 Å². The van der Waals surface area contributed by atoms with E-state index in [4.69, 9.17) is 16.3 Å². The molecule has 0 atom stereocenters. The van der Waals surface area contributed by atoms with Crippen LogP contribution in [0.1, 0.15) is 11.1 Å². The Morgan fingerprint density at radius 3 is 2.62 bits per heavy atom.